The molecule has 1 unspecified atom stereocenters. The minimum Gasteiger partial charge on any atom is -0.344 e. The second kappa shape index (κ2) is 7.94. The molecule has 122 valence electrons. The summed E-state index contributed by atoms with van der Waals surface area (Å²) in [7, 11) is 0. The molecular formula is C22H18N2O. The maximum Gasteiger partial charge on any atom is 0.251 e. The summed E-state index contributed by atoms with van der Waals surface area (Å²) in [5.74, 6) is 6.08. The molecule has 0 bridgehead atoms. The van der Waals surface area contributed by atoms with E-state index in [2.05, 4.69) is 22.1 Å². The monoisotopic (exact) mass is 326 g/mol. The molecule has 1 aromatic heterocycles. The van der Waals surface area contributed by atoms with Crippen molar-refractivity contribution >= 4 is 5.91 Å². The fourth-order valence-corrected chi connectivity index (χ4v) is 2.36. The van der Waals surface area contributed by atoms with Crippen molar-refractivity contribution in [3.05, 3.63) is 101 Å². The molecule has 25 heavy (non-hydrogen) atoms. The molecule has 1 N–H and O–H groups in total. The molecule has 0 aliphatic rings. The predicted molar refractivity (Wildman–Crippen MR) is 99.0 cm³/mol. The lowest BCUT2D eigenvalue weighted by atomic mass is 10.1. The first-order valence-electron chi connectivity index (χ1n) is 8.11. The highest BCUT2D eigenvalue weighted by Gasteiger charge is 2.11. The highest BCUT2D eigenvalue weighted by Crippen LogP contribution is 2.10. The second-order valence-corrected chi connectivity index (χ2v) is 5.64. The summed E-state index contributed by atoms with van der Waals surface area (Å²) < 4.78 is 0. The smallest absolute Gasteiger partial charge is 0.251 e. The number of carbonyl (C=O) groups excluding carboxylic acids is 1. The average Bonchev–Trinajstić information content (AvgIpc) is 2.68. The molecule has 0 spiro atoms. The van der Waals surface area contributed by atoms with Gasteiger partial charge in [0, 0.05) is 22.9 Å². The summed E-state index contributed by atoms with van der Waals surface area (Å²) in [6.07, 6.45) is 1.72. The lowest BCUT2D eigenvalue weighted by Gasteiger charge is -2.13. The van der Waals surface area contributed by atoms with Gasteiger partial charge in [0.25, 0.3) is 5.91 Å². The van der Waals surface area contributed by atoms with Gasteiger partial charge < -0.3 is 5.32 Å². The third-order valence-corrected chi connectivity index (χ3v) is 3.75. The standard InChI is InChI=1S/C22H18N2O/c1-17(21-9-5-6-16-23-21)24-22(25)20-14-12-19(13-15-20)11-10-18-7-3-2-4-8-18/h2-9,12-17H,1H3,(H,24,25). The third kappa shape index (κ3) is 4.55. The van der Waals surface area contributed by atoms with Gasteiger partial charge in [0.05, 0.1) is 11.7 Å². The summed E-state index contributed by atoms with van der Waals surface area (Å²) in [4.78, 5) is 16.6. The zero-order valence-corrected chi connectivity index (χ0v) is 13.9. The predicted octanol–water partition coefficient (Wildman–Crippen LogP) is 3.97. The Morgan fingerprint density at radius 3 is 2.16 bits per heavy atom. The van der Waals surface area contributed by atoms with Crippen molar-refractivity contribution in [3.63, 3.8) is 0 Å². The minimum atomic E-state index is -0.147. The molecule has 1 atom stereocenters. The molecule has 3 aromatic rings. The number of nitrogens with one attached hydrogen (secondary N) is 1. The molecule has 3 nitrogen and oxygen atoms in total. The van der Waals surface area contributed by atoms with Crippen LogP contribution in [0.4, 0.5) is 0 Å². The third-order valence-electron chi connectivity index (χ3n) is 3.75. The lowest BCUT2D eigenvalue weighted by molar-refractivity contribution is 0.0939. The van der Waals surface area contributed by atoms with Gasteiger partial charge in [0.1, 0.15) is 0 Å². The fraction of sp³-hybridized carbons (Fsp3) is 0.0909. The van der Waals surface area contributed by atoms with Gasteiger partial charge in [-0.3, -0.25) is 9.78 Å². The number of nitrogens with zero attached hydrogens (tertiary/aromatic N) is 1. The first kappa shape index (κ1) is 16.5. The minimum absolute atomic E-state index is 0.124. The van der Waals surface area contributed by atoms with Gasteiger partial charge in [0.2, 0.25) is 0 Å². The average molecular weight is 326 g/mol. The van der Waals surface area contributed by atoms with Gasteiger partial charge in [-0.25, -0.2) is 0 Å². The lowest BCUT2D eigenvalue weighted by Crippen LogP contribution is -2.27. The van der Waals surface area contributed by atoms with Crippen molar-refractivity contribution in [2.45, 2.75) is 13.0 Å². The van der Waals surface area contributed by atoms with E-state index in [1.165, 1.54) is 0 Å². The van der Waals surface area contributed by atoms with Gasteiger partial charge in [-0.05, 0) is 55.5 Å². The van der Waals surface area contributed by atoms with Crippen LogP contribution in [0, 0.1) is 11.8 Å². The van der Waals surface area contributed by atoms with Gasteiger partial charge in [-0.15, -0.1) is 0 Å². The number of hydrogen-bond acceptors (Lipinski definition) is 2. The summed E-state index contributed by atoms with van der Waals surface area (Å²) in [5, 5.41) is 2.95. The Bertz CT molecular complexity index is 892. The van der Waals surface area contributed by atoms with Crippen LogP contribution in [-0.4, -0.2) is 10.9 Å². The van der Waals surface area contributed by atoms with Crippen LogP contribution in [0.3, 0.4) is 0 Å². The molecule has 2 aromatic carbocycles. The van der Waals surface area contributed by atoms with Crippen LogP contribution >= 0.6 is 0 Å². The molecule has 1 heterocycles. The Morgan fingerprint density at radius 2 is 1.52 bits per heavy atom. The van der Waals surface area contributed by atoms with Crippen molar-refractivity contribution in [1.82, 2.24) is 10.3 Å². The highest BCUT2D eigenvalue weighted by atomic mass is 16.1. The SMILES string of the molecule is CC(NC(=O)c1ccc(C#Cc2ccccc2)cc1)c1ccccn1. The van der Waals surface area contributed by atoms with Crippen molar-refractivity contribution in [2.24, 2.45) is 0 Å². The summed E-state index contributed by atoms with van der Waals surface area (Å²) in [6, 6.07) is 22.6. The summed E-state index contributed by atoms with van der Waals surface area (Å²) in [6.45, 7) is 1.92. The molecule has 0 aliphatic carbocycles. The first-order chi connectivity index (χ1) is 12.2. The zero-order chi connectivity index (χ0) is 17.5. The molecule has 0 fully saturated rings. The zero-order valence-electron chi connectivity index (χ0n) is 13.9. The number of benzene rings is 2. The van der Waals surface area contributed by atoms with Gasteiger partial charge in [-0.2, -0.15) is 0 Å². The normalized spacial score (nSPS) is 11.1. The number of rotatable bonds is 3. The van der Waals surface area contributed by atoms with E-state index in [4.69, 9.17) is 0 Å². The fourth-order valence-electron chi connectivity index (χ4n) is 2.36. The summed E-state index contributed by atoms with van der Waals surface area (Å²) >= 11 is 0. The maximum atomic E-state index is 12.3. The van der Waals surface area contributed by atoms with E-state index >= 15 is 0 Å². The van der Waals surface area contributed by atoms with Crippen LogP contribution in [0.25, 0.3) is 0 Å². The Balaban J connectivity index is 1.66. The van der Waals surface area contributed by atoms with Crippen LogP contribution in [0.1, 0.15) is 40.1 Å². The largest absolute Gasteiger partial charge is 0.344 e. The quantitative estimate of drug-likeness (QED) is 0.740. The highest BCUT2D eigenvalue weighted by molar-refractivity contribution is 5.94. The van der Waals surface area contributed by atoms with E-state index in [1.807, 2.05) is 67.6 Å². The summed E-state index contributed by atoms with van der Waals surface area (Å²) in [5.41, 5.74) is 3.28. The number of aromatic nitrogens is 1. The Hall–Kier alpha value is -3.38. The van der Waals surface area contributed by atoms with E-state index in [0.29, 0.717) is 5.56 Å². The van der Waals surface area contributed by atoms with Crippen LogP contribution in [0.5, 0.6) is 0 Å². The van der Waals surface area contributed by atoms with Crippen molar-refractivity contribution in [1.29, 1.82) is 0 Å². The maximum absolute atomic E-state index is 12.3. The topological polar surface area (TPSA) is 42.0 Å². The van der Waals surface area contributed by atoms with E-state index in [9.17, 15) is 4.79 Å². The number of amides is 1. The van der Waals surface area contributed by atoms with Crippen molar-refractivity contribution in [2.75, 3.05) is 0 Å². The van der Waals surface area contributed by atoms with E-state index in [-0.39, 0.29) is 11.9 Å². The molecule has 0 aliphatic heterocycles. The molecule has 3 rings (SSSR count). The molecule has 0 saturated heterocycles. The van der Waals surface area contributed by atoms with Gasteiger partial charge in [0.15, 0.2) is 0 Å². The van der Waals surface area contributed by atoms with E-state index < -0.39 is 0 Å². The number of carbonyl (C=O) groups is 1. The molecule has 0 radical (unpaired) electrons. The van der Waals surface area contributed by atoms with Crippen molar-refractivity contribution < 1.29 is 4.79 Å². The van der Waals surface area contributed by atoms with E-state index in [0.717, 1.165) is 16.8 Å². The second-order valence-electron chi connectivity index (χ2n) is 5.64. The van der Waals surface area contributed by atoms with Gasteiger partial charge in [-0.1, -0.05) is 36.1 Å². The van der Waals surface area contributed by atoms with E-state index in [1.54, 1.807) is 18.3 Å². The van der Waals surface area contributed by atoms with Crippen LogP contribution in [-0.2, 0) is 0 Å². The number of pyridine rings is 1. The molecular weight excluding hydrogens is 308 g/mol. The first-order valence-corrected chi connectivity index (χ1v) is 8.11. The Kier molecular flexibility index (Phi) is 5.23. The van der Waals surface area contributed by atoms with Crippen LogP contribution < -0.4 is 5.32 Å². The van der Waals surface area contributed by atoms with Crippen LogP contribution in [0.2, 0.25) is 0 Å². The van der Waals surface area contributed by atoms with Crippen LogP contribution in [0.15, 0.2) is 79.0 Å². The molecule has 1 amide bonds. The Morgan fingerprint density at radius 1 is 0.880 bits per heavy atom. The van der Waals surface area contributed by atoms with Crippen molar-refractivity contribution in [3.8, 4) is 11.8 Å². The Labute approximate surface area is 147 Å². The van der Waals surface area contributed by atoms with Gasteiger partial charge >= 0.3 is 0 Å². The molecule has 0 saturated carbocycles. The number of hydrogen-bond donors (Lipinski definition) is 1. The molecule has 3 heteroatoms.